The van der Waals surface area contributed by atoms with Crippen molar-refractivity contribution in [3.05, 3.63) is 24.2 Å². The fourth-order valence-corrected chi connectivity index (χ4v) is 2.38. The number of nitrogens with one attached hydrogen (secondary N) is 1. The van der Waals surface area contributed by atoms with Crippen LogP contribution < -0.4 is 5.32 Å². The van der Waals surface area contributed by atoms with Gasteiger partial charge in [0.15, 0.2) is 6.61 Å². The fraction of sp³-hybridized carbons (Fsp3) is 0.571. The average molecular weight is 265 g/mol. The van der Waals surface area contributed by atoms with Gasteiger partial charge in [-0.1, -0.05) is 19.8 Å². The van der Waals surface area contributed by atoms with Gasteiger partial charge in [0.2, 0.25) is 5.76 Å². The molecule has 19 heavy (non-hydrogen) atoms. The summed E-state index contributed by atoms with van der Waals surface area (Å²) < 4.78 is 9.77. The van der Waals surface area contributed by atoms with E-state index >= 15 is 0 Å². The van der Waals surface area contributed by atoms with E-state index in [0.29, 0.717) is 5.92 Å². The first-order chi connectivity index (χ1) is 9.16. The second kappa shape index (κ2) is 6.41. The van der Waals surface area contributed by atoms with Crippen molar-refractivity contribution in [2.45, 2.75) is 38.6 Å². The molecule has 1 amide bonds. The van der Waals surface area contributed by atoms with Crippen LogP contribution in [0.2, 0.25) is 0 Å². The maximum Gasteiger partial charge on any atom is 0.374 e. The number of rotatable bonds is 4. The van der Waals surface area contributed by atoms with Gasteiger partial charge in [-0.2, -0.15) is 0 Å². The lowest BCUT2D eigenvalue weighted by atomic mass is 9.86. The highest BCUT2D eigenvalue weighted by atomic mass is 16.5. The number of carbonyl (C=O) groups is 2. The molecule has 0 saturated heterocycles. The zero-order chi connectivity index (χ0) is 13.7. The predicted molar refractivity (Wildman–Crippen MR) is 68.6 cm³/mol. The third kappa shape index (κ3) is 3.84. The Hall–Kier alpha value is -1.78. The Labute approximate surface area is 112 Å². The van der Waals surface area contributed by atoms with E-state index in [1.54, 1.807) is 6.07 Å². The van der Waals surface area contributed by atoms with Gasteiger partial charge in [0, 0.05) is 6.04 Å². The largest absolute Gasteiger partial charge is 0.457 e. The van der Waals surface area contributed by atoms with Crippen LogP contribution in [0.25, 0.3) is 0 Å². The Morgan fingerprint density at radius 2 is 2.21 bits per heavy atom. The van der Waals surface area contributed by atoms with Gasteiger partial charge in [0.1, 0.15) is 0 Å². The molecule has 1 aromatic heterocycles. The molecule has 1 fully saturated rings. The molecule has 1 heterocycles. The normalized spacial score (nSPS) is 22.8. The standard InChI is InChI=1S/C14H19NO4/c1-10-5-2-3-6-11(10)15-13(16)9-19-14(17)12-7-4-8-18-12/h4,7-8,10-11H,2-3,5-6,9H2,1H3,(H,15,16)/t10-,11+/m0/s1. The minimum atomic E-state index is -0.614. The van der Waals surface area contributed by atoms with Crippen molar-refractivity contribution < 1.29 is 18.7 Å². The predicted octanol–water partition coefficient (Wildman–Crippen LogP) is 2.13. The van der Waals surface area contributed by atoms with Crippen molar-refractivity contribution in [1.82, 2.24) is 5.32 Å². The Morgan fingerprint density at radius 1 is 1.42 bits per heavy atom. The number of furan rings is 1. The minimum absolute atomic E-state index is 0.110. The van der Waals surface area contributed by atoms with E-state index in [2.05, 4.69) is 12.2 Å². The zero-order valence-corrected chi connectivity index (χ0v) is 11.1. The number of ether oxygens (including phenoxy) is 1. The van der Waals surface area contributed by atoms with Crippen molar-refractivity contribution in [3.63, 3.8) is 0 Å². The quantitative estimate of drug-likeness (QED) is 0.847. The van der Waals surface area contributed by atoms with Gasteiger partial charge in [0.25, 0.3) is 5.91 Å². The van der Waals surface area contributed by atoms with Crippen molar-refractivity contribution in [2.75, 3.05) is 6.61 Å². The van der Waals surface area contributed by atoms with E-state index in [9.17, 15) is 9.59 Å². The highest BCUT2D eigenvalue weighted by Gasteiger charge is 2.23. The SMILES string of the molecule is C[C@H]1CCCC[C@H]1NC(=O)COC(=O)c1ccco1. The number of carbonyl (C=O) groups excluding carboxylic acids is 2. The summed E-state index contributed by atoms with van der Waals surface area (Å²) in [6.07, 6.45) is 5.89. The first-order valence-corrected chi connectivity index (χ1v) is 6.67. The second-order valence-corrected chi connectivity index (χ2v) is 4.99. The zero-order valence-electron chi connectivity index (χ0n) is 11.1. The monoisotopic (exact) mass is 265 g/mol. The molecule has 1 aliphatic carbocycles. The maximum absolute atomic E-state index is 11.7. The van der Waals surface area contributed by atoms with Crippen LogP contribution in [0.1, 0.15) is 43.2 Å². The first kappa shape index (κ1) is 13.6. The molecule has 0 spiro atoms. The molecule has 0 bridgehead atoms. The number of hydrogen-bond donors (Lipinski definition) is 1. The lowest BCUT2D eigenvalue weighted by Gasteiger charge is -2.29. The van der Waals surface area contributed by atoms with Crippen LogP contribution in [0, 0.1) is 5.92 Å². The summed E-state index contributed by atoms with van der Waals surface area (Å²) in [7, 11) is 0. The van der Waals surface area contributed by atoms with E-state index in [1.165, 1.54) is 18.8 Å². The van der Waals surface area contributed by atoms with Crippen LogP contribution in [0.4, 0.5) is 0 Å². The smallest absolute Gasteiger partial charge is 0.374 e. The summed E-state index contributed by atoms with van der Waals surface area (Å²) in [6.45, 7) is 1.88. The lowest BCUT2D eigenvalue weighted by Crippen LogP contribution is -2.42. The molecule has 0 unspecified atom stereocenters. The maximum atomic E-state index is 11.7. The van der Waals surface area contributed by atoms with Crippen molar-refractivity contribution in [3.8, 4) is 0 Å². The molecule has 0 radical (unpaired) electrons. The van der Waals surface area contributed by atoms with Crippen molar-refractivity contribution in [1.29, 1.82) is 0 Å². The first-order valence-electron chi connectivity index (χ1n) is 6.67. The average Bonchev–Trinajstić information content (AvgIpc) is 2.93. The molecule has 2 atom stereocenters. The van der Waals surface area contributed by atoms with E-state index in [1.807, 2.05) is 0 Å². The molecule has 104 valence electrons. The lowest BCUT2D eigenvalue weighted by molar-refractivity contribution is -0.125. The van der Waals surface area contributed by atoms with E-state index < -0.39 is 5.97 Å². The van der Waals surface area contributed by atoms with Gasteiger partial charge >= 0.3 is 5.97 Å². The molecule has 5 nitrogen and oxygen atoms in total. The molecule has 2 rings (SSSR count). The van der Waals surface area contributed by atoms with Crippen LogP contribution in [0.15, 0.2) is 22.8 Å². The van der Waals surface area contributed by atoms with E-state index in [4.69, 9.17) is 9.15 Å². The second-order valence-electron chi connectivity index (χ2n) is 4.99. The number of esters is 1. The molecule has 1 aromatic rings. The van der Waals surface area contributed by atoms with Gasteiger partial charge in [-0.3, -0.25) is 4.79 Å². The van der Waals surface area contributed by atoms with Crippen LogP contribution in [0.5, 0.6) is 0 Å². The van der Waals surface area contributed by atoms with Crippen LogP contribution in [0.3, 0.4) is 0 Å². The Bertz CT molecular complexity index is 427. The fourth-order valence-electron chi connectivity index (χ4n) is 2.38. The summed E-state index contributed by atoms with van der Waals surface area (Å²) in [5.74, 6) is -0.271. The summed E-state index contributed by atoms with van der Waals surface area (Å²) >= 11 is 0. The molecule has 5 heteroatoms. The summed E-state index contributed by atoms with van der Waals surface area (Å²) in [6, 6.07) is 3.30. The van der Waals surface area contributed by atoms with Gasteiger partial charge < -0.3 is 14.5 Å². The van der Waals surface area contributed by atoms with E-state index in [-0.39, 0.29) is 24.3 Å². The third-order valence-electron chi connectivity index (χ3n) is 3.51. The molecular weight excluding hydrogens is 246 g/mol. The Balaban J connectivity index is 1.74. The van der Waals surface area contributed by atoms with Gasteiger partial charge in [-0.25, -0.2) is 4.79 Å². The third-order valence-corrected chi connectivity index (χ3v) is 3.51. The molecule has 0 aromatic carbocycles. The van der Waals surface area contributed by atoms with Crippen molar-refractivity contribution >= 4 is 11.9 Å². The minimum Gasteiger partial charge on any atom is -0.457 e. The van der Waals surface area contributed by atoms with E-state index in [0.717, 1.165) is 19.3 Å². The summed E-state index contributed by atoms with van der Waals surface area (Å²) in [4.78, 5) is 23.2. The highest BCUT2D eigenvalue weighted by molar-refractivity contribution is 5.88. The van der Waals surface area contributed by atoms with Crippen molar-refractivity contribution in [2.24, 2.45) is 5.92 Å². The van der Waals surface area contributed by atoms with Gasteiger partial charge in [0.05, 0.1) is 6.26 Å². The van der Waals surface area contributed by atoms with Gasteiger partial charge in [-0.05, 0) is 30.9 Å². The molecular formula is C14H19NO4. The highest BCUT2D eigenvalue weighted by Crippen LogP contribution is 2.23. The van der Waals surface area contributed by atoms with Crippen LogP contribution >= 0.6 is 0 Å². The van der Waals surface area contributed by atoms with Gasteiger partial charge in [-0.15, -0.1) is 0 Å². The Morgan fingerprint density at radius 3 is 2.89 bits per heavy atom. The molecule has 1 saturated carbocycles. The molecule has 1 aliphatic rings. The molecule has 1 N–H and O–H groups in total. The van der Waals surface area contributed by atoms with Crippen LogP contribution in [-0.4, -0.2) is 24.5 Å². The molecule has 0 aliphatic heterocycles. The Kier molecular flexibility index (Phi) is 4.60. The topological polar surface area (TPSA) is 68.5 Å². The number of hydrogen-bond acceptors (Lipinski definition) is 4. The van der Waals surface area contributed by atoms with Crippen LogP contribution in [-0.2, 0) is 9.53 Å². The number of amides is 1. The summed E-state index contributed by atoms with van der Waals surface area (Å²) in [5.41, 5.74) is 0. The summed E-state index contributed by atoms with van der Waals surface area (Å²) in [5, 5.41) is 2.92.